The average Bonchev–Trinajstić information content (AvgIpc) is 2.90. The zero-order valence-corrected chi connectivity index (χ0v) is 11.6. The summed E-state index contributed by atoms with van der Waals surface area (Å²) in [5.41, 5.74) is 0.904. The quantitative estimate of drug-likeness (QED) is 0.894. The average molecular weight is 283 g/mol. The molecule has 0 spiro atoms. The smallest absolute Gasteiger partial charge is 0.308 e. The lowest BCUT2D eigenvalue weighted by molar-refractivity contribution is -0.152. The fourth-order valence-electron chi connectivity index (χ4n) is 2.52. The minimum atomic E-state index is -0.842. The highest BCUT2D eigenvalue weighted by molar-refractivity contribution is 7.08. The molecule has 0 aliphatic carbocycles. The number of methoxy groups -OCH3 is 1. The largest absolute Gasteiger partial charge is 0.481 e. The Bertz CT molecular complexity index is 446. The van der Waals surface area contributed by atoms with Gasteiger partial charge in [0.25, 0.3) is 0 Å². The summed E-state index contributed by atoms with van der Waals surface area (Å²) in [6, 6.07) is 1.52. The van der Waals surface area contributed by atoms with Crippen LogP contribution in [-0.4, -0.2) is 42.1 Å². The Balaban J connectivity index is 2.29. The molecule has 1 N–H and O–H groups in total. The molecule has 2 unspecified atom stereocenters. The fraction of sp³-hybridized carbons (Fsp3) is 0.538. The van der Waals surface area contributed by atoms with E-state index in [1.807, 2.05) is 16.8 Å². The molecule has 2 heterocycles. The Morgan fingerprint density at radius 3 is 3.00 bits per heavy atom. The predicted octanol–water partition coefficient (Wildman–Crippen LogP) is 1.76. The number of amides is 1. The van der Waals surface area contributed by atoms with Crippen LogP contribution in [-0.2, 0) is 14.3 Å². The SMILES string of the molecule is COCCN1C(=O)CCC(C(=O)O)C1c1ccsc1. The van der Waals surface area contributed by atoms with Crippen molar-refractivity contribution >= 4 is 23.2 Å². The maximum absolute atomic E-state index is 12.1. The van der Waals surface area contributed by atoms with E-state index in [1.54, 1.807) is 12.0 Å². The van der Waals surface area contributed by atoms with Crippen molar-refractivity contribution in [2.24, 2.45) is 5.92 Å². The van der Waals surface area contributed by atoms with E-state index in [-0.39, 0.29) is 11.9 Å². The Labute approximate surface area is 115 Å². The normalized spacial score (nSPS) is 23.6. The van der Waals surface area contributed by atoms with Crippen LogP contribution in [0.4, 0.5) is 0 Å². The number of likely N-dealkylation sites (tertiary alicyclic amines) is 1. The van der Waals surface area contributed by atoms with Gasteiger partial charge in [0.15, 0.2) is 0 Å². The van der Waals surface area contributed by atoms with Crippen molar-refractivity contribution in [3.63, 3.8) is 0 Å². The Morgan fingerprint density at radius 2 is 2.42 bits per heavy atom. The summed E-state index contributed by atoms with van der Waals surface area (Å²) >= 11 is 1.51. The first-order chi connectivity index (χ1) is 9.15. The van der Waals surface area contributed by atoms with Crippen molar-refractivity contribution in [2.45, 2.75) is 18.9 Å². The van der Waals surface area contributed by atoms with Crippen LogP contribution in [0.5, 0.6) is 0 Å². The molecule has 1 aromatic rings. The number of rotatable bonds is 5. The topological polar surface area (TPSA) is 66.8 Å². The number of carbonyl (C=O) groups excluding carboxylic acids is 1. The van der Waals surface area contributed by atoms with Gasteiger partial charge in [-0.05, 0) is 28.8 Å². The molecular weight excluding hydrogens is 266 g/mol. The number of carbonyl (C=O) groups is 2. The second-order valence-corrected chi connectivity index (χ2v) is 5.34. The highest BCUT2D eigenvalue weighted by Gasteiger charge is 2.40. The van der Waals surface area contributed by atoms with Crippen molar-refractivity contribution in [3.8, 4) is 0 Å². The third kappa shape index (κ3) is 2.96. The van der Waals surface area contributed by atoms with E-state index in [0.717, 1.165) is 5.56 Å². The minimum Gasteiger partial charge on any atom is -0.481 e. The lowest BCUT2D eigenvalue weighted by atomic mass is 9.85. The third-order valence-electron chi connectivity index (χ3n) is 3.44. The number of piperidine rings is 1. The highest BCUT2D eigenvalue weighted by atomic mass is 32.1. The predicted molar refractivity (Wildman–Crippen MR) is 71.0 cm³/mol. The van der Waals surface area contributed by atoms with Crippen molar-refractivity contribution in [1.29, 1.82) is 0 Å². The van der Waals surface area contributed by atoms with E-state index < -0.39 is 11.9 Å². The van der Waals surface area contributed by atoms with Gasteiger partial charge in [-0.25, -0.2) is 0 Å². The fourth-order valence-corrected chi connectivity index (χ4v) is 3.21. The van der Waals surface area contributed by atoms with E-state index in [2.05, 4.69) is 0 Å². The number of carboxylic acid groups (broad SMARTS) is 1. The van der Waals surface area contributed by atoms with Crippen LogP contribution in [0, 0.1) is 5.92 Å². The molecule has 1 amide bonds. The summed E-state index contributed by atoms with van der Waals surface area (Å²) in [5.74, 6) is -1.37. The van der Waals surface area contributed by atoms with Crippen LogP contribution >= 0.6 is 11.3 Å². The molecule has 0 bridgehead atoms. The summed E-state index contributed by atoms with van der Waals surface area (Å²) in [7, 11) is 1.57. The van der Waals surface area contributed by atoms with E-state index >= 15 is 0 Å². The van der Waals surface area contributed by atoms with Gasteiger partial charge in [0.1, 0.15) is 0 Å². The molecule has 2 atom stereocenters. The first kappa shape index (κ1) is 14.0. The molecule has 0 radical (unpaired) electrons. The van der Waals surface area contributed by atoms with Crippen LogP contribution in [0.25, 0.3) is 0 Å². The van der Waals surface area contributed by atoms with E-state index in [0.29, 0.717) is 26.0 Å². The minimum absolute atomic E-state index is 0.00532. The molecular formula is C13H17NO4S. The maximum Gasteiger partial charge on any atom is 0.308 e. The zero-order chi connectivity index (χ0) is 13.8. The summed E-state index contributed by atoms with van der Waals surface area (Å²) < 4.78 is 5.02. The first-order valence-electron chi connectivity index (χ1n) is 6.18. The third-order valence-corrected chi connectivity index (χ3v) is 4.15. The Morgan fingerprint density at radius 1 is 1.63 bits per heavy atom. The molecule has 2 rings (SSSR count). The van der Waals surface area contributed by atoms with Crippen LogP contribution in [0.15, 0.2) is 16.8 Å². The van der Waals surface area contributed by atoms with Gasteiger partial charge in [-0.15, -0.1) is 0 Å². The molecule has 19 heavy (non-hydrogen) atoms. The summed E-state index contributed by atoms with van der Waals surface area (Å²) in [6.45, 7) is 0.846. The number of ether oxygens (including phenoxy) is 1. The summed E-state index contributed by atoms with van der Waals surface area (Å²) in [4.78, 5) is 25.1. The Kier molecular flexibility index (Phi) is 4.55. The van der Waals surface area contributed by atoms with Crippen LogP contribution < -0.4 is 0 Å². The van der Waals surface area contributed by atoms with Gasteiger partial charge < -0.3 is 14.7 Å². The van der Waals surface area contributed by atoms with Crippen LogP contribution in [0.3, 0.4) is 0 Å². The molecule has 104 valence electrons. The molecule has 0 saturated carbocycles. The molecule has 6 heteroatoms. The van der Waals surface area contributed by atoms with Gasteiger partial charge in [-0.3, -0.25) is 9.59 Å². The molecule has 1 aliphatic rings. The zero-order valence-electron chi connectivity index (χ0n) is 10.7. The second kappa shape index (κ2) is 6.16. The standard InChI is InChI=1S/C13H17NO4S/c1-18-6-5-14-11(15)3-2-10(13(16)17)12(14)9-4-7-19-8-9/h4,7-8,10,12H,2-3,5-6H2,1H3,(H,16,17). The van der Waals surface area contributed by atoms with Gasteiger partial charge in [-0.2, -0.15) is 11.3 Å². The maximum atomic E-state index is 12.1. The summed E-state index contributed by atoms with van der Waals surface area (Å²) in [6.07, 6.45) is 0.694. The molecule has 5 nitrogen and oxygen atoms in total. The number of nitrogens with zero attached hydrogens (tertiary/aromatic N) is 1. The number of hydrogen-bond acceptors (Lipinski definition) is 4. The number of hydrogen-bond donors (Lipinski definition) is 1. The second-order valence-electron chi connectivity index (χ2n) is 4.56. The van der Waals surface area contributed by atoms with E-state index in [4.69, 9.17) is 4.74 Å². The van der Waals surface area contributed by atoms with Crippen molar-refractivity contribution in [1.82, 2.24) is 4.90 Å². The van der Waals surface area contributed by atoms with Gasteiger partial charge >= 0.3 is 5.97 Å². The van der Waals surface area contributed by atoms with Gasteiger partial charge in [0.2, 0.25) is 5.91 Å². The number of aliphatic carboxylic acids is 1. The monoisotopic (exact) mass is 283 g/mol. The van der Waals surface area contributed by atoms with Crippen LogP contribution in [0.2, 0.25) is 0 Å². The Hall–Kier alpha value is -1.40. The van der Waals surface area contributed by atoms with E-state index in [9.17, 15) is 14.7 Å². The lowest BCUT2D eigenvalue weighted by Crippen LogP contribution is -2.46. The van der Waals surface area contributed by atoms with Gasteiger partial charge in [0, 0.05) is 20.1 Å². The summed E-state index contributed by atoms with van der Waals surface area (Å²) in [5, 5.41) is 13.2. The van der Waals surface area contributed by atoms with E-state index in [1.165, 1.54) is 11.3 Å². The lowest BCUT2D eigenvalue weighted by Gasteiger charge is -2.39. The van der Waals surface area contributed by atoms with Crippen molar-refractivity contribution in [2.75, 3.05) is 20.3 Å². The molecule has 0 aromatic carbocycles. The molecule has 1 aromatic heterocycles. The van der Waals surface area contributed by atoms with Crippen molar-refractivity contribution < 1.29 is 19.4 Å². The van der Waals surface area contributed by atoms with Crippen molar-refractivity contribution in [3.05, 3.63) is 22.4 Å². The molecule has 1 fully saturated rings. The molecule has 1 saturated heterocycles. The highest BCUT2D eigenvalue weighted by Crippen LogP contribution is 2.37. The first-order valence-corrected chi connectivity index (χ1v) is 7.12. The number of carboxylic acids is 1. The molecule has 1 aliphatic heterocycles. The van der Waals surface area contributed by atoms with Crippen LogP contribution in [0.1, 0.15) is 24.4 Å². The number of thiophene rings is 1. The van der Waals surface area contributed by atoms with Gasteiger partial charge in [0.05, 0.1) is 18.6 Å². The van der Waals surface area contributed by atoms with Gasteiger partial charge in [-0.1, -0.05) is 0 Å².